The lowest BCUT2D eigenvalue weighted by Crippen LogP contribution is -1.75. The summed E-state index contributed by atoms with van der Waals surface area (Å²) in [6.07, 6.45) is 1.24. The highest BCUT2D eigenvalue weighted by atomic mass is 16.3. The second-order valence-corrected chi connectivity index (χ2v) is 0.302. The largest absolute Gasteiger partial charge is 0.388 e. The fraction of sp³-hybridized carbons (Fsp3) is 0.500. The van der Waals surface area contributed by atoms with Crippen molar-refractivity contribution in [2.45, 2.75) is 0 Å². The number of rotatable bonds is 1. The van der Waals surface area contributed by atoms with Crippen LogP contribution in [0.1, 0.15) is 0 Å². The summed E-state index contributed by atoms with van der Waals surface area (Å²) in [6, 6.07) is 0. The van der Waals surface area contributed by atoms with Crippen molar-refractivity contribution in [3.8, 4) is 0 Å². The molecule has 0 aliphatic carbocycles. The fourth-order valence-electron chi connectivity index (χ4n) is 0. The first-order chi connectivity index (χ1) is 1.91. The maximum Gasteiger partial charge on any atom is 0.226 e. The van der Waals surface area contributed by atoms with Gasteiger partial charge in [0.1, 0.15) is 6.61 Å². The zero-order valence-corrected chi connectivity index (χ0v) is 2.06. The van der Waals surface area contributed by atoms with E-state index >= 15 is 0 Å². The molecule has 1 N–H and O–H groups in total. The summed E-state index contributed by atoms with van der Waals surface area (Å²) in [5.74, 6) is 0. The fourth-order valence-corrected chi connectivity index (χ4v) is 0. The first kappa shape index (κ1) is 3.63. The summed E-state index contributed by atoms with van der Waals surface area (Å²) in [6.45, 7) is -0.486. The Bertz CT molecular complexity index is 18.0. The van der Waals surface area contributed by atoms with Crippen molar-refractivity contribution in [3.63, 3.8) is 0 Å². The molecule has 0 bridgehead atoms. The highest BCUT2D eigenvalue weighted by Gasteiger charge is 1.56. The zero-order valence-electron chi connectivity index (χ0n) is 2.06. The molecular formula is C2H3O2. The Balaban J connectivity index is 2.30. The van der Waals surface area contributed by atoms with Gasteiger partial charge in [-0.3, -0.25) is 4.79 Å². The molecule has 0 aliphatic rings. The van der Waals surface area contributed by atoms with E-state index < -0.39 is 6.61 Å². The van der Waals surface area contributed by atoms with Crippen LogP contribution >= 0.6 is 0 Å². The highest BCUT2D eigenvalue weighted by Crippen LogP contribution is 1.28. The second-order valence-electron chi connectivity index (χ2n) is 0.302. The number of aliphatic hydroxyl groups excluding tert-OH is 1. The van der Waals surface area contributed by atoms with Crippen molar-refractivity contribution >= 4 is 6.29 Å². The molecule has 23 valence electrons. The van der Waals surface area contributed by atoms with Crippen molar-refractivity contribution in [1.29, 1.82) is 0 Å². The van der Waals surface area contributed by atoms with Gasteiger partial charge in [-0.15, -0.1) is 0 Å². The number of hydrogen-bond donors (Lipinski definition) is 1. The van der Waals surface area contributed by atoms with Crippen LogP contribution in [0, 0.1) is 0 Å². The van der Waals surface area contributed by atoms with Gasteiger partial charge in [-0.2, -0.15) is 0 Å². The third-order valence-electron chi connectivity index (χ3n) is 0.0645. The molecule has 2 heteroatoms. The molecule has 0 spiro atoms. The van der Waals surface area contributed by atoms with E-state index in [0.29, 0.717) is 0 Å². The Labute approximate surface area is 24.1 Å². The smallest absolute Gasteiger partial charge is 0.226 e. The predicted octanol–water partition coefficient (Wildman–Crippen LogP) is -0.912. The van der Waals surface area contributed by atoms with Gasteiger partial charge in [0, 0.05) is 0 Å². The summed E-state index contributed by atoms with van der Waals surface area (Å²) in [5, 5.41) is 7.45. The lowest BCUT2D eigenvalue weighted by atomic mass is 10.9. The van der Waals surface area contributed by atoms with E-state index in [2.05, 4.69) is 0 Å². The van der Waals surface area contributed by atoms with Gasteiger partial charge in [0.15, 0.2) is 0 Å². The van der Waals surface area contributed by atoms with Gasteiger partial charge in [0.2, 0.25) is 6.29 Å². The number of aliphatic hydroxyl groups is 1. The van der Waals surface area contributed by atoms with Crippen LogP contribution in [0.25, 0.3) is 0 Å². The minimum atomic E-state index is -0.486. The molecule has 1 radical (unpaired) electrons. The Morgan fingerprint density at radius 2 is 2.25 bits per heavy atom. The summed E-state index contributed by atoms with van der Waals surface area (Å²) >= 11 is 0. The van der Waals surface area contributed by atoms with Crippen molar-refractivity contribution in [2.24, 2.45) is 0 Å². The van der Waals surface area contributed by atoms with Crippen molar-refractivity contribution < 1.29 is 9.90 Å². The maximum absolute atomic E-state index is 8.80. The van der Waals surface area contributed by atoms with Gasteiger partial charge in [0.05, 0.1) is 0 Å². The van der Waals surface area contributed by atoms with E-state index in [1.807, 2.05) is 0 Å². The van der Waals surface area contributed by atoms with Crippen LogP contribution in [-0.4, -0.2) is 18.0 Å². The number of carbonyl (C=O) groups excluding carboxylic acids is 1. The highest BCUT2D eigenvalue weighted by molar-refractivity contribution is 5.51. The Morgan fingerprint density at radius 1 is 2.00 bits per heavy atom. The van der Waals surface area contributed by atoms with Crippen molar-refractivity contribution in [3.05, 3.63) is 0 Å². The average Bonchev–Trinajstić information content (AvgIpc) is 1.37. The standard InChI is InChI=1S/C2H3O2/c3-1-2-4/h3H,1H2. The van der Waals surface area contributed by atoms with Crippen LogP contribution in [0.15, 0.2) is 0 Å². The Kier molecular flexibility index (Phi) is 2.39. The third kappa shape index (κ3) is 1.63. The van der Waals surface area contributed by atoms with Gasteiger partial charge in [-0.05, 0) is 0 Å². The SMILES string of the molecule is O=[C]CO. The molecular weight excluding hydrogens is 56.0 g/mol. The van der Waals surface area contributed by atoms with Gasteiger partial charge in [-0.1, -0.05) is 0 Å². The minimum Gasteiger partial charge on any atom is -0.388 e. The van der Waals surface area contributed by atoms with E-state index in [9.17, 15) is 0 Å². The first-order valence-electron chi connectivity index (χ1n) is 0.874. The second kappa shape index (κ2) is 2.63. The first-order valence-corrected chi connectivity index (χ1v) is 0.874. The van der Waals surface area contributed by atoms with Crippen LogP contribution in [0.3, 0.4) is 0 Å². The van der Waals surface area contributed by atoms with E-state index in [-0.39, 0.29) is 0 Å². The van der Waals surface area contributed by atoms with E-state index in [4.69, 9.17) is 9.90 Å². The molecule has 0 rings (SSSR count). The molecule has 0 atom stereocenters. The molecule has 0 saturated heterocycles. The summed E-state index contributed by atoms with van der Waals surface area (Å²) < 4.78 is 0. The molecule has 0 aliphatic heterocycles. The van der Waals surface area contributed by atoms with E-state index in [1.165, 1.54) is 6.29 Å². The van der Waals surface area contributed by atoms with Crippen LogP contribution in [-0.2, 0) is 4.79 Å². The van der Waals surface area contributed by atoms with Crippen molar-refractivity contribution in [2.75, 3.05) is 6.61 Å². The summed E-state index contributed by atoms with van der Waals surface area (Å²) in [4.78, 5) is 8.80. The third-order valence-corrected chi connectivity index (χ3v) is 0.0645. The monoisotopic (exact) mass is 59.0 g/mol. The molecule has 0 fully saturated rings. The summed E-state index contributed by atoms with van der Waals surface area (Å²) in [7, 11) is 0. The van der Waals surface area contributed by atoms with Gasteiger partial charge >= 0.3 is 0 Å². The van der Waals surface area contributed by atoms with E-state index in [1.54, 1.807) is 0 Å². The predicted molar refractivity (Wildman–Crippen MR) is 12.8 cm³/mol. The van der Waals surface area contributed by atoms with Crippen LogP contribution in [0.5, 0.6) is 0 Å². The van der Waals surface area contributed by atoms with Crippen molar-refractivity contribution in [1.82, 2.24) is 0 Å². The molecule has 0 heterocycles. The summed E-state index contributed by atoms with van der Waals surface area (Å²) in [5.41, 5.74) is 0. The van der Waals surface area contributed by atoms with Crippen LogP contribution in [0.4, 0.5) is 0 Å². The zero-order chi connectivity index (χ0) is 3.41. The minimum absolute atomic E-state index is 0.486. The lowest BCUT2D eigenvalue weighted by molar-refractivity contribution is 0.346. The molecule has 0 aromatic carbocycles. The normalized spacial score (nSPS) is 6.25. The molecule has 0 aromatic rings. The quantitative estimate of drug-likeness (QED) is 0.424. The van der Waals surface area contributed by atoms with E-state index in [0.717, 1.165) is 0 Å². The molecule has 4 heavy (non-hydrogen) atoms. The maximum atomic E-state index is 8.80. The topological polar surface area (TPSA) is 37.3 Å². The lowest BCUT2D eigenvalue weighted by Gasteiger charge is -1.52. The van der Waals surface area contributed by atoms with Crippen LogP contribution < -0.4 is 0 Å². The number of hydrogen-bond acceptors (Lipinski definition) is 2. The van der Waals surface area contributed by atoms with Gasteiger partial charge in [-0.25, -0.2) is 0 Å². The Morgan fingerprint density at radius 3 is 2.25 bits per heavy atom. The van der Waals surface area contributed by atoms with Crippen LogP contribution in [0.2, 0.25) is 0 Å². The molecule has 0 saturated carbocycles. The molecule has 0 amide bonds. The Hall–Kier alpha value is -0.370. The van der Waals surface area contributed by atoms with Gasteiger partial charge < -0.3 is 5.11 Å². The van der Waals surface area contributed by atoms with Gasteiger partial charge in [0.25, 0.3) is 0 Å². The average molecular weight is 59.0 g/mol. The molecule has 0 aromatic heterocycles. The molecule has 0 unspecified atom stereocenters. The molecule has 2 nitrogen and oxygen atoms in total.